The standard InChI is InChI=1S/C17H12ClFN2OS2/c18-15-7-12(19)3-6-16(15)21-17(22)11-1-4-14(5-2-11)24-9-13-8-23-10-20-13/h1-8,10H,9H2,(H,21,22). The molecule has 3 aromatic rings. The van der Waals surface area contributed by atoms with Crippen LogP contribution >= 0.6 is 34.7 Å². The fraction of sp³-hybridized carbons (Fsp3) is 0.0588. The van der Waals surface area contributed by atoms with Crippen molar-refractivity contribution in [1.82, 2.24) is 4.98 Å². The van der Waals surface area contributed by atoms with E-state index in [9.17, 15) is 9.18 Å². The van der Waals surface area contributed by atoms with Gasteiger partial charge in [-0.05, 0) is 42.5 Å². The maximum Gasteiger partial charge on any atom is 0.255 e. The molecule has 0 aliphatic rings. The van der Waals surface area contributed by atoms with Crippen molar-refractivity contribution in [2.45, 2.75) is 10.6 Å². The number of carbonyl (C=O) groups excluding carboxylic acids is 1. The van der Waals surface area contributed by atoms with Crippen LogP contribution in [0.4, 0.5) is 10.1 Å². The minimum atomic E-state index is -0.445. The number of anilines is 1. The van der Waals surface area contributed by atoms with Crippen LogP contribution in [0, 0.1) is 5.82 Å². The highest BCUT2D eigenvalue weighted by Crippen LogP contribution is 2.25. The Labute approximate surface area is 151 Å². The molecule has 3 nitrogen and oxygen atoms in total. The summed E-state index contributed by atoms with van der Waals surface area (Å²) in [5.41, 5.74) is 3.74. The maximum absolute atomic E-state index is 13.0. The Morgan fingerprint density at radius 3 is 2.71 bits per heavy atom. The first-order valence-corrected chi connectivity index (χ1v) is 9.29. The van der Waals surface area contributed by atoms with Gasteiger partial charge >= 0.3 is 0 Å². The molecular weight excluding hydrogens is 367 g/mol. The number of hydrogen-bond donors (Lipinski definition) is 1. The number of rotatable bonds is 5. The van der Waals surface area contributed by atoms with E-state index in [1.807, 2.05) is 23.0 Å². The van der Waals surface area contributed by atoms with Gasteiger partial charge in [0.05, 0.1) is 21.9 Å². The van der Waals surface area contributed by atoms with Crippen molar-refractivity contribution in [2.24, 2.45) is 0 Å². The Morgan fingerprint density at radius 2 is 2.04 bits per heavy atom. The van der Waals surface area contributed by atoms with Crippen LogP contribution in [0.2, 0.25) is 5.02 Å². The highest BCUT2D eigenvalue weighted by atomic mass is 35.5. The number of amides is 1. The lowest BCUT2D eigenvalue weighted by atomic mass is 10.2. The third-order valence-corrected chi connectivity index (χ3v) is 5.16. The first kappa shape index (κ1) is 17.0. The predicted octanol–water partition coefficient (Wildman–Crippen LogP) is 5.48. The van der Waals surface area contributed by atoms with Crippen molar-refractivity contribution < 1.29 is 9.18 Å². The number of nitrogens with zero attached hydrogens (tertiary/aromatic N) is 1. The number of hydrogen-bond acceptors (Lipinski definition) is 4. The lowest BCUT2D eigenvalue weighted by Gasteiger charge is -2.08. The van der Waals surface area contributed by atoms with E-state index in [4.69, 9.17) is 11.6 Å². The summed E-state index contributed by atoms with van der Waals surface area (Å²) in [5, 5.41) is 4.86. The fourth-order valence-corrected chi connectivity index (χ4v) is 3.63. The number of nitrogens with one attached hydrogen (secondary N) is 1. The van der Waals surface area contributed by atoms with Gasteiger partial charge in [-0.2, -0.15) is 0 Å². The molecule has 2 aromatic carbocycles. The summed E-state index contributed by atoms with van der Waals surface area (Å²) in [4.78, 5) is 17.5. The number of thioether (sulfide) groups is 1. The largest absolute Gasteiger partial charge is 0.321 e. The molecule has 0 aliphatic carbocycles. The summed E-state index contributed by atoms with van der Waals surface area (Å²) in [6.07, 6.45) is 0. The number of carbonyl (C=O) groups is 1. The number of halogens is 2. The van der Waals surface area contributed by atoms with E-state index in [2.05, 4.69) is 10.3 Å². The Morgan fingerprint density at radius 1 is 1.25 bits per heavy atom. The molecule has 0 spiro atoms. The van der Waals surface area contributed by atoms with Gasteiger partial charge in [0.15, 0.2) is 0 Å². The van der Waals surface area contributed by atoms with Gasteiger partial charge in [-0.25, -0.2) is 9.37 Å². The molecule has 1 aromatic heterocycles. The van der Waals surface area contributed by atoms with Crippen LogP contribution in [-0.4, -0.2) is 10.9 Å². The molecular formula is C17H12ClFN2OS2. The number of thiazole rings is 1. The fourth-order valence-electron chi connectivity index (χ4n) is 1.95. The molecule has 122 valence electrons. The molecule has 0 bridgehead atoms. The average Bonchev–Trinajstić information content (AvgIpc) is 3.09. The molecule has 0 saturated heterocycles. The van der Waals surface area contributed by atoms with Crippen molar-refractivity contribution in [2.75, 3.05) is 5.32 Å². The van der Waals surface area contributed by atoms with E-state index < -0.39 is 5.82 Å². The predicted molar refractivity (Wildman–Crippen MR) is 97.5 cm³/mol. The third kappa shape index (κ3) is 4.35. The normalized spacial score (nSPS) is 10.6. The zero-order chi connectivity index (χ0) is 16.9. The Hall–Kier alpha value is -1.89. The highest BCUT2D eigenvalue weighted by Gasteiger charge is 2.09. The van der Waals surface area contributed by atoms with Crippen LogP contribution < -0.4 is 5.32 Å². The van der Waals surface area contributed by atoms with Crippen LogP contribution in [0.15, 0.2) is 58.3 Å². The van der Waals surface area contributed by atoms with Crippen LogP contribution in [0.25, 0.3) is 0 Å². The Kier molecular flexibility index (Phi) is 5.50. The third-order valence-electron chi connectivity index (χ3n) is 3.17. The van der Waals surface area contributed by atoms with Gasteiger partial charge < -0.3 is 5.32 Å². The summed E-state index contributed by atoms with van der Waals surface area (Å²) < 4.78 is 13.0. The van der Waals surface area contributed by atoms with E-state index in [1.165, 1.54) is 12.1 Å². The van der Waals surface area contributed by atoms with Crippen molar-refractivity contribution in [3.8, 4) is 0 Å². The first-order valence-electron chi connectivity index (χ1n) is 6.98. The topological polar surface area (TPSA) is 42.0 Å². The molecule has 0 saturated carbocycles. The van der Waals surface area contributed by atoms with Gasteiger partial charge in [-0.3, -0.25) is 4.79 Å². The van der Waals surface area contributed by atoms with E-state index in [-0.39, 0.29) is 10.9 Å². The lowest BCUT2D eigenvalue weighted by Crippen LogP contribution is -2.12. The Bertz CT molecular complexity index is 838. The summed E-state index contributed by atoms with van der Waals surface area (Å²) in [6.45, 7) is 0. The number of benzene rings is 2. The van der Waals surface area contributed by atoms with Crippen LogP contribution in [0.3, 0.4) is 0 Å². The van der Waals surface area contributed by atoms with Gasteiger partial charge in [0.1, 0.15) is 5.82 Å². The van der Waals surface area contributed by atoms with E-state index in [1.54, 1.807) is 35.2 Å². The van der Waals surface area contributed by atoms with Crippen LogP contribution in [0.1, 0.15) is 16.1 Å². The summed E-state index contributed by atoms with van der Waals surface area (Å²) >= 11 is 9.14. The van der Waals surface area contributed by atoms with Crippen molar-refractivity contribution >= 4 is 46.3 Å². The van der Waals surface area contributed by atoms with E-state index in [0.717, 1.165) is 22.4 Å². The SMILES string of the molecule is O=C(Nc1ccc(F)cc1Cl)c1ccc(SCc2cscn2)cc1. The van der Waals surface area contributed by atoms with E-state index >= 15 is 0 Å². The van der Waals surface area contributed by atoms with Gasteiger partial charge in [-0.1, -0.05) is 11.6 Å². The van der Waals surface area contributed by atoms with Gasteiger partial charge in [0.25, 0.3) is 5.91 Å². The number of aromatic nitrogens is 1. The summed E-state index contributed by atoms with van der Waals surface area (Å²) in [7, 11) is 0. The smallest absolute Gasteiger partial charge is 0.255 e. The molecule has 0 fully saturated rings. The molecule has 1 heterocycles. The zero-order valence-electron chi connectivity index (χ0n) is 12.3. The highest BCUT2D eigenvalue weighted by molar-refractivity contribution is 7.98. The maximum atomic E-state index is 13.0. The molecule has 1 amide bonds. The minimum Gasteiger partial charge on any atom is -0.321 e. The van der Waals surface area contributed by atoms with Gasteiger partial charge in [0.2, 0.25) is 0 Å². The van der Waals surface area contributed by atoms with E-state index in [0.29, 0.717) is 11.3 Å². The van der Waals surface area contributed by atoms with Crippen molar-refractivity contribution in [3.63, 3.8) is 0 Å². The quantitative estimate of drug-likeness (QED) is 0.597. The molecule has 3 rings (SSSR count). The van der Waals surface area contributed by atoms with Gasteiger partial charge in [0, 0.05) is 21.6 Å². The lowest BCUT2D eigenvalue weighted by molar-refractivity contribution is 0.102. The van der Waals surface area contributed by atoms with Crippen LogP contribution in [-0.2, 0) is 5.75 Å². The molecule has 24 heavy (non-hydrogen) atoms. The molecule has 1 N–H and O–H groups in total. The second-order valence-corrected chi connectivity index (χ2v) is 7.05. The minimum absolute atomic E-state index is 0.166. The molecule has 0 radical (unpaired) electrons. The average molecular weight is 379 g/mol. The summed E-state index contributed by atoms with van der Waals surface area (Å²) in [5.74, 6) is 0.0549. The van der Waals surface area contributed by atoms with Crippen molar-refractivity contribution in [1.29, 1.82) is 0 Å². The molecule has 0 aliphatic heterocycles. The van der Waals surface area contributed by atoms with Gasteiger partial charge in [-0.15, -0.1) is 23.1 Å². The summed E-state index contributed by atoms with van der Waals surface area (Å²) in [6, 6.07) is 11.1. The molecule has 0 atom stereocenters. The second-order valence-electron chi connectivity index (χ2n) is 4.87. The zero-order valence-corrected chi connectivity index (χ0v) is 14.7. The monoisotopic (exact) mass is 378 g/mol. The molecule has 0 unspecified atom stereocenters. The second kappa shape index (κ2) is 7.79. The van der Waals surface area contributed by atoms with Crippen molar-refractivity contribution in [3.05, 3.63) is 75.5 Å². The molecule has 7 heteroatoms. The Balaban J connectivity index is 1.63. The first-order chi connectivity index (χ1) is 11.6. The van der Waals surface area contributed by atoms with Crippen LogP contribution in [0.5, 0.6) is 0 Å².